The molecule has 1 N–H and O–H groups in total. The predicted octanol–water partition coefficient (Wildman–Crippen LogP) is -2.01. The smallest absolute Gasteiger partial charge is 0.791 e. The summed E-state index contributed by atoms with van der Waals surface area (Å²) in [6.07, 6.45) is 0. The van der Waals surface area contributed by atoms with Crippen LogP contribution < -0.4 is 29.6 Å². The van der Waals surface area contributed by atoms with Crippen LogP contribution in [0.15, 0.2) is 71.0 Å². The first-order valence-corrected chi connectivity index (χ1v) is 8.64. The van der Waals surface area contributed by atoms with Crippen molar-refractivity contribution in [3.05, 3.63) is 88.6 Å². The number of nitrogens with zero attached hydrogens (tertiary/aromatic N) is 10. The van der Waals surface area contributed by atoms with Gasteiger partial charge in [-0.25, -0.2) is 9.36 Å². The molecule has 4 aromatic rings. The third-order valence-corrected chi connectivity index (χ3v) is 3.95. The number of benzene rings is 2. The third-order valence-electron chi connectivity index (χ3n) is 3.95. The molecule has 0 amide bonds. The van der Waals surface area contributed by atoms with Crippen LogP contribution in [0.5, 0.6) is 0 Å². The summed E-state index contributed by atoms with van der Waals surface area (Å²) in [5, 5.41) is 47.7. The van der Waals surface area contributed by atoms with E-state index < -0.39 is 0 Å². The zero-order valence-electron chi connectivity index (χ0n) is 17.1. The summed E-state index contributed by atoms with van der Waals surface area (Å²) < 4.78 is 2.85. The monoisotopic (exact) mass is 428 g/mol. The van der Waals surface area contributed by atoms with Crippen LogP contribution in [0.1, 0.15) is 22.8 Å². The summed E-state index contributed by atoms with van der Waals surface area (Å²) in [6.45, 7) is 0. The van der Waals surface area contributed by atoms with Gasteiger partial charge in [0.05, 0.1) is 0 Å². The molecule has 2 aromatic heterocycles. The fraction of sp³-hybridized carbons (Fsp3) is 0.111. The van der Waals surface area contributed by atoms with Gasteiger partial charge in [0, 0.05) is 25.2 Å². The van der Waals surface area contributed by atoms with E-state index in [9.17, 15) is 5.21 Å². The van der Waals surface area contributed by atoms with Crippen molar-refractivity contribution in [2.45, 2.75) is 0 Å². The number of aromatic nitrogens is 8. The molecule has 31 heavy (non-hydrogen) atoms. The maximum atomic E-state index is 10.8. The second-order valence-corrected chi connectivity index (χ2v) is 5.87. The van der Waals surface area contributed by atoms with Crippen molar-refractivity contribution in [3.63, 3.8) is 0 Å². The molecule has 0 fully saturated rings. The van der Waals surface area contributed by atoms with Crippen LogP contribution in [0, 0.1) is 5.21 Å². The van der Waals surface area contributed by atoms with Crippen molar-refractivity contribution < 1.29 is 34.8 Å². The van der Waals surface area contributed by atoms with E-state index in [2.05, 4.69) is 41.4 Å². The Labute approximate surface area is 199 Å². The van der Waals surface area contributed by atoms with Crippen LogP contribution in [-0.4, -0.2) is 57.0 Å². The van der Waals surface area contributed by atoms with Gasteiger partial charge in [-0.05, 0) is 20.9 Å². The second-order valence-electron chi connectivity index (χ2n) is 5.87. The molecule has 0 saturated carbocycles. The van der Waals surface area contributed by atoms with Crippen molar-refractivity contribution in [3.8, 4) is 0 Å². The van der Waals surface area contributed by atoms with Crippen LogP contribution in [0.3, 0.4) is 0 Å². The Hall–Kier alpha value is -3.48. The minimum Gasteiger partial charge on any atom is -0.791 e. The maximum absolute atomic E-state index is 10.8. The molecule has 4 rings (SSSR count). The molecule has 2 heterocycles. The molecule has 12 nitrogen and oxygen atoms in total. The average Bonchev–Trinajstić information content (AvgIpc) is 3.40. The first-order valence-electron chi connectivity index (χ1n) is 8.64. The van der Waals surface area contributed by atoms with E-state index in [1.165, 1.54) is 9.36 Å². The molecule has 152 valence electrons. The van der Waals surface area contributed by atoms with Gasteiger partial charge in [-0.1, -0.05) is 65.8 Å². The van der Waals surface area contributed by atoms with E-state index in [-0.39, 0.29) is 35.3 Å². The van der Waals surface area contributed by atoms with Gasteiger partial charge >= 0.3 is 29.6 Å². The van der Waals surface area contributed by atoms with Gasteiger partial charge in [-0.15, -0.1) is 10.2 Å². The van der Waals surface area contributed by atoms with E-state index >= 15 is 0 Å². The van der Waals surface area contributed by atoms with Crippen molar-refractivity contribution in [1.29, 1.82) is 0 Å². The molecular formula is C18H17N10NaO2. The van der Waals surface area contributed by atoms with Gasteiger partial charge in [0.25, 0.3) is 0 Å². The molecule has 0 aliphatic carbocycles. The zero-order chi connectivity index (χ0) is 21.3. The van der Waals surface area contributed by atoms with Crippen LogP contribution in [0.2, 0.25) is 0 Å². The van der Waals surface area contributed by atoms with Crippen LogP contribution in [-0.2, 0) is 14.1 Å². The number of rotatable bonds is 4. The zero-order valence-corrected chi connectivity index (χ0v) is 19.1. The molecule has 0 bridgehead atoms. The minimum atomic E-state index is 0. The largest absolute Gasteiger partial charge is 1.00 e. The molecule has 0 aliphatic heterocycles. The number of hydrogen-bond donors (Lipinski definition) is 1. The topological polar surface area (TPSA) is 155 Å². The van der Waals surface area contributed by atoms with E-state index in [1.807, 2.05) is 48.5 Å². The Morgan fingerprint density at radius 1 is 0.774 bits per heavy atom. The Morgan fingerprint density at radius 2 is 1.19 bits per heavy atom. The average molecular weight is 428 g/mol. The normalized spacial score (nSPS) is 11.3. The van der Waals surface area contributed by atoms with Crippen molar-refractivity contribution >= 4 is 11.4 Å². The SMILES string of the molecule is Cn1nnnc1C(=NO)c1ccccc1.Cn1nnnc1C(=N[O-])c1ccccc1.[Na+]. The molecule has 0 spiro atoms. The fourth-order valence-corrected chi connectivity index (χ4v) is 2.51. The molecule has 13 heteroatoms. The summed E-state index contributed by atoms with van der Waals surface area (Å²) in [5.41, 5.74) is 2.05. The number of hydrogen-bond acceptors (Lipinski definition) is 10. The van der Waals surface area contributed by atoms with Gasteiger partial charge in [0.1, 0.15) is 5.71 Å². The van der Waals surface area contributed by atoms with E-state index in [4.69, 9.17) is 5.21 Å². The number of aryl methyl sites for hydroxylation is 2. The summed E-state index contributed by atoms with van der Waals surface area (Å²) >= 11 is 0. The molecule has 2 aromatic carbocycles. The number of oxime groups is 1. The molecule has 0 atom stereocenters. The van der Waals surface area contributed by atoms with Crippen LogP contribution >= 0.6 is 0 Å². The fourth-order valence-electron chi connectivity index (χ4n) is 2.51. The van der Waals surface area contributed by atoms with Crippen LogP contribution in [0.4, 0.5) is 0 Å². The standard InChI is InChI=1S/2C9H9N5O.Na/c2*1-14-9(10-12-13-14)8(11-15)7-5-3-2-4-6-7;/h2*2-6,15H,1H3;/q;;+1/p-1. The molecule has 0 saturated heterocycles. The summed E-state index contributed by atoms with van der Waals surface area (Å²) in [4.78, 5) is 0. The first-order chi connectivity index (χ1) is 14.7. The molecule has 0 aliphatic rings. The van der Waals surface area contributed by atoms with Gasteiger partial charge in [0.15, 0.2) is 11.5 Å². The Balaban J connectivity index is 0.000000213. The maximum Gasteiger partial charge on any atom is 1.00 e. The molecule has 0 unspecified atom stereocenters. The van der Waals surface area contributed by atoms with Crippen LogP contribution in [0.25, 0.3) is 0 Å². The first kappa shape index (κ1) is 23.8. The van der Waals surface area contributed by atoms with Gasteiger partial charge < -0.3 is 15.6 Å². The third kappa shape index (κ3) is 5.78. The summed E-state index contributed by atoms with van der Waals surface area (Å²) in [5.74, 6) is 0.778. The quantitative estimate of drug-likeness (QED) is 0.169. The van der Waals surface area contributed by atoms with E-state index in [0.717, 1.165) is 5.56 Å². The van der Waals surface area contributed by atoms with E-state index in [0.29, 0.717) is 22.9 Å². The van der Waals surface area contributed by atoms with Crippen molar-refractivity contribution in [2.75, 3.05) is 0 Å². The second kappa shape index (κ2) is 11.6. The molecule has 0 radical (unpaired) electrons. The van der Waals surface area contributed by atoms with Gasteiger partial charge in [-0.3, -0.25) is 0 Å². The number of tetrazole rings is 2. The van der Waals surface area contributed by atoms with Crippen molar-refractivity contribution in [1.82, 2.24) is 40.4 Å². The summed E-state index contributed by atoms with van der Waals surface area (Å²) in [7, 11) is 3.34. The predicted molar refractivity (Wildman–Crippen MR) is 107 cm³/mol. The Morgan fingerprint density at radius 3 is 1.55 bits per heavy atom. The minimum absolute atomic E-state index is 0. The van der Waals surface area contributed by atoms with Gasteiger partial charge in [0.2, 0.25) is 5.82 Å². The Bertz CT molecular complexity index is 1050. The van der Waals surface area contributed by atoms with Gasteiger partial charge in [-0.2, -0.15) is 0 Å². The van der Waals surface area contributed by atoms with Crippen molar-refractivity contribution in [2.24, 2.45) is 24.4 Å². The Kier molecular flexibility index (Phi) is 8.94. The summed E-state index contributed by atoms with van der Waals surface area (Å²) in [6, 6.07) is 18.3. The molecular weight excluding hydrogens is 411 g/mol. The van der Waals surface area contributed by atoms with E-state index in [1.54, 1.807) is 26.2 Å².